The highest BCUT2D eigenvalue weighted by Gasteiger charge is 2.53. The van der Waals surface area contributed by atoms with Crippen LogP contribution in [0.3, 0.4) is 0 Å². The van der Waals surface area contributed by atoms with E-state index in [0.29, 0.717) is 18.4 Å². The number of sulfone groups is 1. The summed E-state index contributed by atoms with van der Waals surface area (Å²) in [6.45, 7) is 3.51. The van der Waals surface area contributed by atoms with Gasteiger partial charge in [-0.05, 0) is 43.9 Å². The Labute approximate surface area is 113 Å². The first-order valence-corrected chi connectivity index (χ1v) is 7.85. The van der Waals surface area contributed by atoms with E-state index in [1.807, 2.05) is 6.07 Å². The smallest absolute Gasteiger partial charge is 0.325 e. The highest BCUT2D eigenvalue weighted by atomic mass is 32.2. The zero-order valence-electron chi connectivity index (χ0n) is 11.1. The van der Waals surface area contributed by atoms with Crippen LogP contribution in [-0.2, 0) is 14.6 Å². The van der Waals surface area contributed by atoms with Gasteiger partial charge in [0, 0.05) is 0 Å². The van der Waals surface area contributed by atoms with Gasteiger partial charge in [0.1, 0.15) is 0 Å². The molecule has 0 amide bonds. The van der Waals surface area contributed by atoms with Crippen molar-refractivity contribution in [2.75, 3.05) is 0 Å². The van der Waals surface area contributed by atoms with Crippen LogP contribution in [0.15, 0.2) is 23.1 Å². The van der Waals surface area contributed by atoms with E-state index < -0.39 is 20.6 Å². The number of hydrogen-bond acceptors (Lipinski definition) is 3. The molecule has 19 heavy (non-hydrogen) atoms. The summed E-state index contributed by atoms with van der Waals surface area (Å²) in [5.41, 5.74) is 1.43. The SMILES string of the molecule is Cc1ccc(C)c(S(=O)(=O)C2(C(=O)O)CCCC2)c1. The Morgan fingerprint density at radius 3 is 2.32 bits per heavy atom. The Hall–Kier alpha value is -1.36. The maximum atomic E-state index is 12.8. The average molecular weight is 282 g/mol. The summed E-state index contributed by atoms with van der Waals surface area (Å²) in [4.78, 5) is 11.7. The molecule has 2 rings (SSSR count). The van der Waals surface area contributed by atoms with Crippen molar-refractivity contribution in [3.63, 3.8) is 0 Å². The number of rotatable bonds is 3. The van der Waals surface area contributed by atoms with Crippen molar-refractivity contribution in [3.8, 4) is 0 Å². The Balaban J connectivity index is 2.64. The lowest BCUT2D eigenvalue weighted by Crippen LogP contribution is -2.44. The Morgan fingerprint density at radius 1 is 1.21 bits per heavy atom. The van der Waals surface area contributed by atoms with Crippen molar-refractivity contribution in [2.45, 2.75) is 49.2 Å². The van der Waals surface area contributed by atoms with Gasteiger partial charge in [-0.1, -0.05) is 25.0 Å². The van der Waals surface area contributed by atoms with Crippen LogP contribution in [0.25, 0.3) is 0 Å². The fourth-order valence-corrected chi connectivity index (χ4v) is 5.06. The minimum atomic E-state index is -3.85. The van der Waals surface area contributed by atoms with Gasteiger partial charge in [0.25, 0.3) is 0 Å². The molecule has 0 spiro atoms. The fraction of sp³-hybridized carbons (Fsp3) is 0.500. The molecule has 1 fully saturated rings. The summed E-state index contributed by atoms with van der Waals surface area (Å²) in [6.07, 6.45) is 1.71. The van der Waals surface area contributed by atoms with Crippen LogP contribution in [-0.4, -0.2) is 24.2 Å². The molecule has 0 aliphatic heterocycles. The molecule has 0 heterocycles. The second-order valence-corrected chi connectivity index (χ2v) is 7.51. The number of carboxylic acid groups (broad SMARTS) is 1. The first kappa shape index (κ1) is 14.1. The molecular formula is C14H18O4S. The molecule has 1 aromatic carbocycles. The van der Waals surface area contributed by atoms with Gasteiger partial charge >= 0.3 is 5.97 Å². The van der Waals surface area contributed by atoms with Gasteiger partial charge in [0.05, 0.1) is 4.90 Å². The lowest BCUT2D eigenvalue weighted by atomic mass is 10.1. The van der Waals surface area contributed by atoms with Crippen molar-refractivity contribution in [1.82, 2.24) is 0 Å². The normalized spacial score (nSPS) is 18.4. The third kappa shape index (κ3) is 2.06. The van der Waals surface area contributed by atoms with E-state index in [4.69, 9.17) is 0 Å². The van der Waals surface area contributed by atoms with E-state index >= 15 is 0 Å². The molecule has 0 radical (unpaired) electrons. The molecule has 1 aliphatic carbocycles. The Morgan fingerprint density at radius 2 is 1.79 bits per heavy atom. The quantitative estimate of drug-likeness (QED) is 0.924. The van der Waals surface area contributed by atoms with Crippen molar-refractivity contribution < 1.29 is 18.3 Å². The molecule has 1 saturated carbocycles. The number of carbonyl (C=O) groups is 1. The summed E-state index contributed by atoms with van der Waals surface area (Å²) >= 11 is 0. The van der Waals surface area contributed by atoms with Crippen molar-refractivity contribution >= 4 is 15.8 Å². The molecule has 0 aromatic heterocycles. The molecular weight excluding hydrogens is 264 g/mol. The fourth-order valence-electron chi connectivity index (χ4n) is 2.75. The molecule has 1 N–H and O–H groups in total. The van der Waals surface area contributed by atoms with Gasteiger partial charge in [0.2, 0.25) is 0 Å². The molecule has 4 nitrogen and oxygen atoms in total. The maximum absolute atomic E-state index is 12.8. The summed E-state index contributed by atoms with van der Waals surface area (Å²) in [6, 6.07) is 5.14. The zero-order chi connectivity index (χ0) is 14.3. The lowest BCUT2D eigenvalue weighted by molar-refractivity contribution is -0.139. The number of carboxylic acids is 1. The van der Waals surface area contributed by atoms with Gasteiger partial charge < -0.3 is 5.11 Å². The van der Waals surface area contributed by atoms with Gasteiger partial charge in [0.15, 0.2) is 14.6 Å². The topological polar surface area (TPSA) is 71.4 Å². The summed E-state index contributed by atoms with van der Waals surface area (Å²) < 4.78 is 23.9. The summed E-state index contributed by atoms with van der Waals surface area (Å²) in [5.74, 6) is -1.22. The lowest BCUT2D eigenvalue weighted by Gasteiger charge is -2.25. The number of hydrogen-bond donors (Lipinski definition) is 1. The Kier molecular flexibility index (Phi) is 3.43. The molecule has 1 aliphatic rings. The predicted octanol–water partition coefficient (Wildman–Crippen LogP) is 2.47. The number of aliphatic carboxylic acids is 1. The minimum Gasteiger partial charge on any atom is -0.480 e. The second kappa shape index (κ2) is 4.63. The van der Waals surface area contributed by atoms with E-state index in [2.05, 4.69) is 0 Å². The summed E-state index contributed by atoms with van der Waals surface area (Å²) in [5, 5.41) is 9.44. The van der Waals surface area contributed by atoms with Crippen LogP contribution in [0.2, 0.25) is 0 Å². The average Bonchev–Trinajstić information content (AvgIpc) is 2.83. The van der Waals surface area contributed by atoms with Crippen LogP contribution in [0.1, 0.15) is 36.8 Å². The van der Waals surface area contributed by atoms with Crippen LogP contribution in [0.5, 0.6) is 0 Å². The van der Waals surface area contributed by atoms with Gasteiger partial charge in [-0.15, -0.1) is 0 Å². The second-order valence-electron chi connectivity index (χ2n) is 5.28. The van der Waals surface area contributed by atoms with Crippen LogP contribution >= 0.6 is 0 Å². The highest BCUT2D eigenvalue weighted by molar-refractivity contribution is 7.93. The van der Waals surface area contributed by atoms with E-state index in [0.717, 1.165) is 5.56 Å². The molecule has 0 unspecified atom stereocenters. The van der Waals surface area contributed by atoms with Crippen LogP contribution in [0, 0.1) is 13.8 Å². The van der Waals surface area contributed by atoms with Gasteiger partial charge in [-0.2, -0.15) is 0 Å². The van der Waals surface area contributed by atoms with E-state index in [1.165, 1.54) is 0 Å². The molecule has 0 bridgehead atoms. The van der Waals surface area contributed by atoms with Crippen molar-refractivity contribution in [2.24, 2.45) is 0 Å². The van der Waals surface area contributed by atoms with Crippen LogP contribution in [0.4, 0.5) is 0 Å². The monoisotopic (exact) mass is 282 g/mol. The zero-order valence-corrected chi connectivity index (χ0v) is 12.0. The van der Waals surface area contributed by atoms with E-state index in [1.54, 1.807) is 26.0 Å². The van der Waals surface area contributed by atoms with E-state index in [9.17, 15) is 18.3 Å². The third-order valence-corrected chi connectivity index (χ3v) is 6.58. The summed E-state index contributed by atoms with van der Waals surface area (Å²) in [7, 11) is -3.85. The molecule has 104 valence electrons. The predicted molar refractivity (Wildman–Crippen MR) is 71.9 cm³/mol. The van der Waals surface area contributed by atoms with E-state index in [-0.39, 0.29) is 17.7 Å². The molecule has 1 aromatic rings. The minimum absolute atomic E-state index is 0.164. The first-order valence-electron chi connectivity index (χ1n) is 6.36. The van der Waals surface area contributed by atoms with Crippen LogP contribution < -0.4 is 0 Å². The standard InChI is InChI=1S/C14H18O4S/c1-10-5-6-11(2)12(9-10)19(17,18)14(13(15)16)7-3-4-8-14/h5-6,9H,3-4,7-8H2,1-2H3,(H,15,16). The first-order chi connectivity index (χ1) is 8.81. The highest BCUT2D eigenvalue weighted by Crippen LogP contribution is 2.41. The van der Waals surface area contributed by atoms with Gasteiger partial charge in [-0.25, -0.2) is 8.42 Å². The third-order valence-electron chi connectivity index (χ3n) is 3.95. The largest absolute Gasteiger partial charge is 0.480 e. The number of benzene rings is 1. The Bertz CT molecular complexity index is 610. The number of aryl methyl sites for hydroxylation is 2. The van der Waals surface area contributed by atoms with Crippen molar-refractivity contribution in [1.29, 1.82) is 0 Å². The van der Waals surface area contributed by atoms with Gasteiger partial charge in [-0.3, -0.25) is 4.79 Å². The van der Waals surface area contributed by atoms with Crippen molar-refractivity contribution in [3.05, 3.63) is 29.3 Å². The molecule has 0 saturated heterocycles. The maximum Gasteiger partial charge on any atom is 0.325 e. The molecule has 0 atom stereocenters. The molecule has 5 heteroatoms.